The molecule has 0 saturated carbocycles. The number of benzene rings is 1. The largest absolute Gasteiger partial charge is 0.496 e. The number of hydrogen-bond donors (Lipinski definition) is 0. The third-order valence-electron chi connectivity index (χ3n) is 3.98. The van der Waals surface area contributed by atoms with E-state index in [1.165, 1.54) is 0 Å². The SMILES string of the molecule is CCOC(=O)C1=C(C)N(CC(C)C)C(=O)/C1=C\c1ccccc1OC. The molecule has 25 heavy (non-hydrogen) atoms. The van der Waals surface area contributed by atoms with Crippen LogP contribution in [0.1, 0.15) is 33.3 Å². The van der Waals surface area contributed by atoms with Crippen molar-refractivity contribution in [3.63, 3.8) is 0 Å². The summed E-state index contributed by atoms with van der Waals surface area (Å²) in [5, 5.41) is 0. The van der Waals surface area contributed by atoms with Crippen LogP contribution in [0.2, 0.25) is 0 Å². The first-order valence-electron chi connectivity index (χ1n) is 8.45. The van der Waals surface area contributed by atoms with Gasteiger partial charge < -0.3 is 14.4 Å². The number of esters is 1. The van der Waals surface area contributed by atoms with E-state index in [2.05, 4.69) is 0 Å². The van der Waals surface area contributed by atoms with E-state index in [0.29, 0.717) is 29.1 Å². The molecule has 0 bridgehead atoms. The van der Waals surface area contributed by atoms with Gasteiger partial charge in [0.2, 0.25) is 0 Å². The molecule has 1 heterocycles. The fourth-order valence-corrected chi connectivity index (χ4v) is 2.86. The molecule has 5 heteroatoms. The predicted molar refractivity (Wildman–Crippen MR) is 96.9 cm³/mol. The van der Waals surface area contributed by atoms with Crippen molar-refractivity contribution in [1.82, 2.24) is 4.90 Å². The van der Waals surface area contributed by atoms with Gasteiger partial charge in [0, 0.05) is 17.8 Å². The third kappa shape index (κ3) is 3.92. The second-order valence-electron chi connectivity index (χ2n) is 6.29. The lowest BCUT2D eigenvalue weighted by atomic mass is 10.0. The number of nitrogens with zero attached hydrogens (tertiary/aromatic N) is 1. The Morgan fingerprint density at radius 1 is 1.28 bits per heavy atom. The van der Waals surface area contributed by atoms with Gasteiger partial charge in [0.1, 0.15) is 5.75 Å². The fraction of sp³-hybridized carbons (Fsp3) is 0.400. The maximum atomic E-state index is 12.9. The van der Waals surface area contributed by atoms with E-state index < -0.39 is 5.97 Å². The van der Waals surface area contributed by atoms with E-state index >= 15 is 0 Å². The lowest BCUT2D eigenvalue weighted by Gasteiger charge is -2.20. The molecule has 0 unspecified atom stereocenters. The summed E-state index contributed by atoms with van der Waals surface area (Å²) in [6.07, 6.45) is 1.71. The Morgan fingerprint density at radius 3 is 2.56 bits per heavy atom. The molecule has 1 aromatic rings. The molecule has 1 aliphatic heterocycles. The molecule has 134 valence electrons. The number of amides is 1. The van der Waals surface area contributed by atoms with E-state index in [0.717, 1.165) is 5.56 Å². The van der Waals surface area contributed by atoms with Crippen molar-refractivity contribution in [3.05, 3.63) is 46.7 Å². The van der Waals surface area contributed by atoms with Crippen LogP contribution in [0, 0.1) is 5.92 Å². The van der Waals surface area contributed by atoms with Gasteiger partial charge in [-0.25, -0.2) is 4.79 Å². The first-order chi connectivity index (χ1) is 11.9. The quantitative estimate of drug-likeness (QED) is 0.587. The molecular weight excluding hydrogens is 318 g/mol. The Bertz CT molecular complexity index is 731. The van der Waals surface area contributed by atoms with Crippen LogP contribution in [0.3, 0.4) is 0 Å². The van der Waals surface area contributed by atoms with Crippen LogP contribution in [-0.4, -0.2) is 37.0 Å². The summed E-state index contributed by atoms with van der Waals surface area (Å²) >= 11 is 0. The molecule has 0 saturated heterocycles. The van der Waals surface area contributed by atoms with E-state index in [1.54, 1.807) is 31.9 Å². The zero-order valence-corrected chi connectivity index (χ0v) is 15.5. The predicted octanol–water partition coefficient (Wildman–Crippen LogP) is 3.41. The van der Waals surface area contributed by atoms with Crippen molar-refractivity contribution in [2.45, 2.75) is 27.7 Å². The maximum Gasteiger partial charge on any atom is 0.340 e. The fourth-order valence-electron chi connectivity index (χ4n) is 2.86. The van der Waals surface area contributed by atoms with Crippen molar-refractivity contribution < 1.29 is 19.1 Å². The minimum absolute atomic E-state index is 0.180. The van der Waals surface area contributed by atoms with Gasteiger partial charge in [-0.2, -0.15) is 0 Å². The Labute approximate surface area is 148 Å². The average Bonchev–Trinajstić information content (AvgIpc) is 2.80. The van der Waals surface area contributed by atoms with Crippen LogP contribution in [0.15, 0.2) is 41.1 Å². The summed E-state index contributed by atoms with van der Waals surface area (Å²) in [5.74, 6) is 0.278. The Morgan fingerprint density at radius 2 is 1.96 bits per heavy atom. The van der Waals surface area contributed by atoms with E-state index in [9.17, 15) is 9.59 Å². The molecule has 1 amide bonds. The van der Waals surface area contributed by atoms with Gasteiger partial charge in [-0.05, 0) is 31.9 Å². The summed E-state index contributed by atoms with van der Waals surface area (Å²) in [6.45, 7) is 8.42. The number of methoxy groups -OCH3 is 1. The Hall–Kier alpha value is -2.56. The number of rotatable bonds is 6. The van der Waals surface area contributed by atoms with Gasteiger partial charge in [0.15, 0.2) is 0 Å². The zero-order chi connectivity index (χ0) is 18.6. The van der Waals surface area contributed by atoms with E-state index in [-0.39, 0.29) is 18.4 Å². The van der Waals surface area contributed by atoms with Gasteiger partial charge in [-0.3, -0.25) is 4.79 Å². The normalized spacial score (nSPS) is 16.2. The van der Waals surface area contributed by atoms with Gasteiger partial charge in [0.25, 0.3) is 5.91 Å². The maximum absolute atomic E-state index is 12.9. The number of ether oxygens (including phenoxy) is 2. The number of hydrogen-bond acceptors (Lipinski definition) is 4. The van der Waals surface area contributed by atoms with E-state index in [1.807, 2.05) is 38.1 Å². The molecule has 1 aromatic carbocycles. The molecule has 0 aromatic heterocycles. The van der Waals surface area contributed by atoms with Gasteiger partial charge in [-0.15, -0.1) is 0 Å². The highest BCUT2D eigenvalue weighted by Crippen LogP contribution is 2.33. The second-order valence-corrected chi connectivity index (χ2v) is 6.29. The summed E-state index contributed by atoms with van der Waals surface area (Å²) < 4.78 is 10.5. The third-order valence-corrected chi connectivity index (χ3v) is 3.98. The molecule has 2 rings (SSSR count). The lowest BCUT2D eigenvalue weighted by Crippen LogP contribution is -2.28. The van der Waals surface area contributed by atoms with Crippen LogP contribution in [0.5, 0.6) is 5.75 Å². The molecule has 0 N–H and O–H groups in total. The van der Waals surface area contributed by atoms with Crippen molar-refractivity contribution >= 4 is 18.0 Å². The molecule has 0 fully saturated rings. The molecule has 0 spiro atoms. The van der Waals surface area contributed by atoms with Crippen LogP contribution in [-0.2, 0) is 14.3 Å². The standard InChI is InChI=1S/C20H25NO4/c1-6-25-20(23)18-14(4)21(12-13(2)3)19(22)16(18)11-15-9-7-8-10-17(15)24-5/h7-11,13H,6,12H2,1-5H3/b16-11-. The minimum atomic E-state index is -0.472. The van der Waals surface area contributed by atoms with Crippen molar-refractivity contribution in [3.8, 4) is 5.75 Å². The van der Waals surface area contributed by atoms with Crippen LogP contribution >= 0.6 is 0 Å². The van der Waals surface area contributed by atoms with Gasteiger partial charge in [0.05, 0.1) is 24.9 Å². The van der Waals surface area contributed by atoms with Crippen LogP contribution < -0.4 is 4.74 Å². The monoisotopic (exact) mass is 343 g/mol. The smallest absolute Gasteiger partial charge is 0.340 e. The molecule has 0 radical (unpaired) electrons. The topological polar surface area (TPSA) is 55.8 Å². The number of para-hydroxylation sites is 1. The average molecular weight is 343 g/mol. The van der Waals surface area contributed by atoms with Crippen molar-refractivity contribution in [1.29, 1.82) is 0 Å². The first-order valence-corrected chi connectivity index (χ1v) is 8.45. The molecule has 0 aliphatic carbocycles. The summed E-state index contributed by atoms with van der Waals surface area (Å²) in [6, 6.07) is 7.39. The Balaban J connectivity index is 2.55. The second kappa shape index (κ2) is 8.01. The van der Waals surface area contributed by atoms with Gasteiger partial charge in [-0.1, -0.05) is 32.0 Å². The number of carbonyl (C=O) groups excluding carboxylic acids is 2. The first kappa shape index (κ1) is 18.8. The highest BCUT2D eigenvalue weighted by molar-refractivity contribution is 6.16. The Kier molecular flexibility index (Phi) is 6.02. The number of allylic oxidation sites excluding steroid dienone is 1. The van der Waals surface area contributed by atoms with Crippen molar-refractivity contribution in [2.75, 3.05) is 20.3 Å². The number of carbonyl (C=O) groups is 2. The van der Waals surface area contributed by atoms with Crippen LogP contribution in [0.25, 0.3) is 6.08 Å². The molecule has 1 aliphatic rings. The van der Waals surface area contributed by atoms with Crippen LogP contribution in [0.4, 0.5) is 0 Å². The molecular formula is C20H25NO4. The minimum Gasteiger partial charge on any atom is -0.496 e. The summed E-state index contributed by atoms with van der Waals surface area (Å²) in [7, 11) is 1.58. The van der Waals surface area contributed by atoms with E-state index in [4.69, 9.17) is 9.47 Å². The summed E-state index contributed by atoms with van der Waals surface area (Å²) in [5.41, 5.74) is 2.06. The van der Waals surface area contributed by atoms with Crippen molar-refractivity contribution in [2.24, 2.45) is 5.92 Å². The lowest BCUT2D eigenvalue weighted by molar-refractivity contribution is -0.138. The molecule has 5 nitrogen and oxygen atoms in total. The highest BCUT2D eigenvalue weighted by atomic mass is 16.5. The van der Waals surface area contributed by atoms with Gasteiger partial charge >= 0.3 is 5.97 Å². The zero-order valence-electron chi connectivity index (χ0n) is 15.5. The molecule has 0 atom stereocenters. The highest BCUT2D eigenvalue weighted by Gasteiger charge is 2.37. The summed E-state index contributed by atoms with van der Waals surface area (Å²) in [4.78, 5) is 27.0.